The van der Waals surface area contributed by atoms with Crippen molar-refractivity contribution in [1.29, 1.82) is 5.26 Å². The maximum Gasteiger partial charge on any atom is 0.234 e. The molecule has 0 aliphatic carbocycles. The Balaban J connectivity index is 2.05. The van der Waals surface area contributed by atoms with Crippen LogP contribution < -0.4 is 5.32 Å². The van der Waals surface area contributed by atoms with E-state index in [0.717, 1.165) is 17.2 Å². The molecule has 0 aliphatic rings. The summed E-state index contributed by atoms with van der Waals surface area (Å²) in [5.41, 5.74) is 0. The molecule has 0 saturated carbocycles. The van der Waals surface area contributed by atoms with Crippen LogP contribution in [0, 0.1) is 11.3 Å². The number of aromatic nitrogens is 1. The number of hydrogen-bond donors (Lipinski definition) is 1. The van der Waals surface area contributed by atoms with Crippen LogP contribution in [0.2, 0.25) is 0 Å². The first-order valence-electron chi connectivity index (χ1n) is 5.00. The highest BCUT2D eigenvalue weighted by atomic mass is 32.2. The molecule has 0 fully saturated rings. The number of nitrogens with zero attached hydrogens (tertiary/aromatic N) is 2. The molecule has 0 bridgehead atoms. The van der Waals surface area contributed by atoms with Crippen LogP contribution in [0.5, 0.6) is 0 Å². The summed E-state index contributed by atoms with van der Waals surface area (Å²) in [5, 5.41) is 11.9. The van der Waals surface area contributed by atoms with Crippen molar-refractivity contribution in [3.63, 3.8) is 0 Å². The van der Waals surface area contributed by atoms with Gasteiger partial charge in [0.1, 0.15) is 6.42 Å². The minimum atomic E-state index is -0.203. The zero-order valence-corrected chi connectivity index (χ0v) is 9.67. The van der Waals surface area contributed by atoms with Crippen molar-refractivity contribution in [3.8, 4) is 6.07 Å². The maximum atomic E-state index is 10.9. The number of thioether (sulfide) groups is 1. The van der Waals surface area contributed by atoms with Crippen LogP contribution in [-0.4, -0.2) is 23.2 Å². The normalized spacial score (nSPS) is 9.44. The number of amides is 1. The predicted octanol–water partition coefficient (Wildman–Crippen LogP) is 1.59. The van der Waals surface area contributed by atoms with E-state index >= 15 is 0 Å². The molecule has 0 saturated heterocycles. The molecule has 0 aliphatic heterocycles. The van der Waals surface area contributed by atoms with Crippen molar-refractivity contribution in [2.75, 3.05) is 12.3 Å². The molecule has 1 aromatic heterocycles. The van der Waals surface area contributed by atoms with E-state index in [4.69, 9.17) is 5.26 Å². The highest BCUT2D eigenvalue weighted by Gasteiger charge is 1.98. The molecule has 0 unspecified atom stereocenters. The van der Waals surface area contributed by atoms with Crippen molar-refractivity contribution in [3.05, 3.63) is 24.4 Å². The van der Waals surface area contributed by atoms with Crippen LogP contribution in [0.4, 0.5) is 0 Å². The van der Waals surface area contributed by atoms with Crippen molar-refractivity contribution in [2.45, 2.75) is 17.9 Å². The van der Waals surface area contributed by atoms with Gasteiger partial charge in [-0.3, -0.25) is 4.79 Å². The van der Waals surface area contributed by atoms with Gasteiger partial charge in [-0.2, -0.15) is 5.26 Å². The molecule has 0 atom stereocenters. The molecule has 1 N–H and O–H groups in total. The lowest BCUT2D eigenvalue weighted by Crippen LogP contribution is -2.23. The summed E-state index contributed by atoms with van der Waals surface area (Å²) in [4.78, 5) is 15.1. The Bertz CT molecular complexity index is 361. The van der Waals surface area contributed by atoms with Crippen LogP contribution in [0.25, 0.3) is 0 Å². The van der Waals surface area contributed by atoms with Crippen molar-refractivity contribution < 1.29 is 4.79 Å². The van der Waals surface area contributed by atoms with E-state index in [2.05, 4.69) is 10.3 Å². The molecule has 84 valence electrons. The number of nitriles is 1. The smallest absolute Gasteiger partial charge is 0.234 e. The Hall–Kier alpha value is -1.54. The zero-order chi connectivity index (χ0) is 11.6. The minimum Gasteiger partial charge on any atom is -0.355 e. The van der Waals surface area contributed by atoms with Gasteiger partial charge in [0.2, 0.25) is 5.91 Å². The minimum absolute atomic E-state index is 0.0621. The highest BCUT2D eigenvalue weighted by Crippen LogP contribution is 2.14. The average molecular weight is 235 g/mol. The van der Waals surface area contributed by atoms with Gasteiger partial charge in [-0.1, -0.05) is 6.07 Å². The summed E-state index contributed by atoms with van der Waals surface area (Å²) in [5.74, 6) is 0.703. The molecule has 1 rings (SSSR count). The standard InChI is InChI=1S/C11H13N3OS/c12-6-5-10(15)13-8-3-9-16-11-4-1-2-7-14-11/h1-2,4,7H,3,5,8-9H2,(H,13,15). The molecule has 1 heterocycles. The molecule has 5 heteroatoms. The fourth-order valence-corrected chi connectivity index (χ4v) is 1.85. The second-order valence-electron chi connectivity index (χ2n) is 3.05. The number of pyridine rings is 1. The monoisotopic (exact) mass is 235 g/mol. The number of rotatable bonds is 6. The second kappa shape index (κ2) is 7.71. The molecule has 4 nitrogen and oxygen atoms in total. The summed E-state index contributed by atoms with van der Waals surface area (Å²) in [7, 11) is 0. The van der Waals surface area contributed by atoms with E-state index in [0.29, 0.717) is 6.54 Å². The topological polar surface area (TPSA) is 65.8 Å². The Morgan fingerprint density at radius 1 is 1.56 bits per heavy atom. The molecule has 0 spiro atoms. The third kappa shape index (κ3) is 5.37. The molecular weight excluding hydrogens is 222 g/mol. The van der Waals surface area contributed by atoms with E-state index in [1.807, 2.05) is 18.2 Å². The number of carbonyl (C=O) groups is 1. The maximum absolute atomic E-state index is 10.9. The van der Waals surface area contributed by atoms with Gasteiger partial charge in [-0.25, -0.2) is 4.98 Å². The Morgan fingerprint density at radius 3 is 3.12 bits per heavy atom. The summed E-state index contributed by atoms with van der Waals surface area (Å²) in [6.07, 6.45) is 2.57. The molecule has 1 aromatic rings. The molecule has 0 radical (unpaired) electrons. The van der Waals surface area contributed by atoms with Gasteiger partial charge in [0.15, 0.2) is 0 Å². The van der Waals surface area contributed by atoms with Crippen molar-refractivity contribution >= 4 is 17.7 Å². The van der Waals surface area contributed by atoms with Crippen LogP contribution in [0.1, 0.15) is 12.8 Å². The Morgan fingerprint density at radius 2 is 2.44 bits per heavy atom. The fraction of sp³-hybridized carbons (Fsp3) is 0.364. The molecule has 1 amide bonds. The van der Waals surface area contributed by atoms with Gasteiger partial charge < -0.3 is 5.32 Å². The lowest BCUT2D eigenvalue weighted by Gasteiger charge is -2.02. The Kier molecular flexibility index (Phi) is 6.04. The van der Waals surface area contributed by atoms with E-state index < -0.39 is 0 Å². The van der Waals surface area contributed by atoms with Gasteiger partial charge >= 0.3 is 0 Å². The second-order valence-corrected chi connectivity index (χ2v) is 4.17. The summed E-state index contributed by atoms with van der Waals surface area (Å²) in [6, 6.07) is 7.59. The van der Waals surface area contributed by atoms with E-state index in [9.17, 15) is 4.79 Å². The third-order valence-corrected chi connectivity index (χ3v) is 2.80. The first-order valence-corrected chi connectivity index (χ1v) is 5.99. The largest absolute Gasteiger partial charge is 0.355 e. The average Bonchev–Trinajstić information content (AvgIpc) is 2.30. The van der Waals surface area contributed by atoms with Crippen molar-refractivity contribution in [2.24, 2.45) is 0 Å². The summed E-state index contributed by atoms with van der Waals surface area (Å²) >= 11 is 1.66. The van der Waals surface area contributed by atoms with Gasteiger partial charge in [-0.05, 0) is 18.6 Å². The van der Waals surface area contributed by atoms with Crippen LogP contribution >= 0.6 is 11.8 Å². The predicted molar refractivity (Wildman–Crippen MR) is 62.8 cm³/mol. The fourth-order valence-electron chi connectivity index (χ4n) is 1.04. The number of nitrogens with one attached hydrogen (secondary N) is 1. The summed E-state index contributed by atoms with van der Waals surface area (Å²) in [6.45, 7) is 0.611. The Labute approximate surface area is 99.1 Å². The first kappa shape index (κ1) is 12.5. The van der Waals surface area contributed by atoms with Crippen LogP contribution in [0.3, 0.4) is 0 Å². The van der Waals surface area contributed by atoms with E-state index in [1.54, 1.807) is 24.0 Å². The lowest BCUT2D eigenvalue weighted by molar-refractivity contribution is -0.120. The third-order valence-electron chi connectivity index (χ3n) is 1.77. The van der Waals surface area contributed by atoms with Crippen molar-refractivity contribution in [1.82, 2.24) is 10.3 Å². The lowest BCUT2D eigenvalue weighted by atomic mass is 10.4. The summed E-state index contributed by atoms with van der Waals surface area (Å²) < 4.78 is 0. The van der Waals surface area contributed by atoms with Gasteiger partial charge in [0, 0.05) is 18.5 Å². The van der Waals surface area contributed by atoms with Gasteiger partial charge in [0.25, 0.3) is 0 Å². The first-order chi connectivity index (χ1) is 7.83. The molecule has 0 aromatic carbocycles. The van der Waals surface area contributed by atoms with Crippen LogP contribution in [-0.2, 0) is 4.79 Å². The molecule has 16 heavy (non-hydrogen) atoms. The molecular formula is C11H13N3OS. The van der Waals surface area contributed by atoms with Gasteiger partial charge in [-0.15, -0.1) is 11.8 Å². The SMILES string of the molecule is N#CCC(=O)NCCCSc1ccccn1. The zero-order valence-electron chi connectivity index (χ0n) is 8.85. The number of carbonyl (C=O) groups excluding carboxylic acids is 1. The van der Waals surface area contributed by atoms with E-state index in [-0.39, 0.29) is 12.3 Å². The number of hydrogen-bond acceptors (Lipinski definition) is 4. The van der Waals surface area contributed by atoms with E-state index in [1.165, 1.54) is 0 Å². The highest BCUT2D eigenvalue weighted by molar-refractivity contribution is 7.99. The van der Waals surface area contributed by atoms with Gasteiger partial charge in [0.05, 0.1) is 11.1 Å². The quantitative estimate of drug-likeness (QED) is 0.600. The van der Waals surface area contributed by atoms with Crippen LogP contribution in [0.15, 0.2) is 29.4 Å².